The van der Waals surface area contributed by atoms with E-state index in [1.54, 1.807) is 12.3 Å². The molecule has 4 aromatic rings. The summed E-state index contributed by atoms with van der Waals surface area (Å²) in [5, 5.41) is 10.2. The number of amides is 1. The number of nitrogens with zero attached hydrogens (tertiary/aromatic N) is 1. The SMILES string of the molecule is O=C(O)C(F)(F)F.O=C1NC(c2ccccc2)Cc2[nH]c(-c3ccnc(-c4cccc(F)c4)c3)cc21. The molecule has 0 spiro atoms. The van der Waals surface area contributed by atoms with Gasteiger partial charge in [-0.15, -0.1) is 0 Å². The number of benzene rings is 2. The third-order valence-electron chi connectivity index (χ3n) is 5.49. The minimum atomic E-state index is -5.08. The highest BCUT2D eigenvalue weighted by Crippen LogP contribution is 2.31. The Labute approximate surface area is 202 Å². The first kappa shape index (κ1) is 24.6. The molecular formula is C26H19F4N3O3. The number of rotatable bonds is 3. The minimum absolute atomic E-state index is 0.0528. The fraction of sp³-hybridized carbons (Fsp3) is 0.115. The lowest BCUT2D eigenvalue weighted by atomic mass is 9.96. The Kier molecular flexibility index (Phi) is 6.86. The second-order valence-corrected chi connectivity index (χ2v) is 7.96. The molecule has 2 aromatic heterocycles. The third kappa shape index (κ3) is 5.60. The summed E-state index contributed by atoms with van der Waals surface area (Å²) in [7, 11) is 0. The summed E-state index contributed by atoms with van der Waals surface area (Å²) in [5.41, 5.74) is 5.81. The first-order valence-electron chi connectivity index (χ1n) is 10.7. The second-order valence-electron chi connectivity index (χ2n) is 7.96. The van der Waals surface area contributed by atoms with Gasteiger partial charge in [-0.05, 0) is 35.9 Å². The second kappa shape index (κ2) is 10.0. The van der Waals surface area contributed by atoms with E-state index in [0.29, 0.717) is 23.2 Å². The molecule has 2 aromatic carbocycles. The number of alkyl halides is 3. The van der Waals surface area contributed by atoms with Gasteiger partial charge in [-0.2, -0.15) is 13.2 Å². The normalized spacial score (nSPS) is 14.8. The highest BCUT2D eigenvalue weighted by atomic mass is 19.4. The third-order valence-corrected chi connectivity index (χ3v) is 5.49. The molecule has 1 aliphatic heterocycles. The van der Waals surface area contributed by atoms with Crippen LogP contribution in [0.3, 0.4) is 0 Å². The van der Waals surface area contributed by atoms with Gasteiger partial charge in [-0.1, -0.05) is 42.5 Å². The highest BCUT2D eigenvalue weighted by Gasteiger charge is 2.38. The Hall–Kier alpha value is -4.47. The van der Waals surface area contributed by atoms with Gasteiger partial charge in [0, 0.05) is 35.1 Å². The number of aromatic nitrogens is 2. The monoisotopic (exact) mass is 497 g/mol. The van der Waals surface area contributed by atoms with Gasteiger partial charge >= 0.3 is 12.1 Å². The van der Waals surface area contributed by atoms with Crippen LogP contribution >= 0.6 is 0 Å². The number of halogens is 4. The van der Waals surface area contributed by atoms with E-state index in [2.05, 4.69) is 15.3 Å². The number of carboxylic acids is 1. The summed E-state index contributed by atoms with van der Waals surface area (Å²) in [4.78, 5) is 29.3. The minimum Gasteiger partial charge on any atom is -0.475 e. The number of aliphatic carboxylic acids is 1. The van der Waals surface area contributed by atoms with Gasteiger partial charge in [0.1, 0.15) is 5.82 Å². The van der Waals surface area contributed by atoms with Crippen molar-refractivity contribution in [1.29, 1.82) is 0 Å². The molecule has 0 fully saturated rings. The van der Waals surface area contributed by atoms with Crippen LogP contribution in [0.4, 0.5) is 17.6 Å². The van der Waals surface area contributed by atoms with Gasteiger partial charge in [0.05, 0.1) is 17.3 Å². The van der Waals surface area contributed by atoms with Crippen LogP contribution in [0.15, 0.2) is 79.0 Å². The molecule has 184 valence electrons. The number of hydrogen-bond donors (Lipinski definition) is 3. The van der Waals surface area contributed by atoms with E-state index < -0.39 is 12.1 Å². The average molecular weight is 497 g/mol. The molecule has 1 atom stereocenters. The molecule has 0 saturated heterocycles. The topological polar surface area (TPSA) is 95.1 Å². The van der Waals surface area contributed by atoms with Crippen LogP contribution < -0.4 is 5.32 Å². The molecule has 10 heteroatoms. The van der Waals surface area contributed by atoms with Crippen LogP contribution in [-0.2, 0) is 11.2 Å². The molecule has 0 aliphatic carbocycles. The zero-order chi connectivity index (χ0) is 25.9. The molecule has 0 radical (unpaired) electrons. The van der Waals surface area contributed by atoms with Crippen molar-refractivity contribution in [2.24, 2.45) is 0 Å². The fourth-order valence-electron chi connectivity index (χ4n) is 3.80. The van der Waals surface area contributed by atoms with E-state index in [1.165, 1.54) is 12.1 Å². The van der Waals surface area contributed by atoms with Crippen molar-refractivity contribution in [1.82, 2.24) is 15.3 Å². The number of carbonyl (C=O) groups excluding carboxylic acids is 1. The van der Waals surface area contributed by atoms with E-state index in [-0.39, 0.29) is 17.8 Å². The number of carbonyl (C=O) groups is 2. The van der Waals surface area contributed by atoms with E-state index >= 15 is 0 Å². The number of fused-ring (bicyclic) bond motifs is 1. The standard InChI is InChI=1S/C24H18FN3O.C2HF3O2/c25-18-8-4-7-16(11-18)20-12-17(9-10-26-20)21-13-19-23(27-21)14-22(28-24(19)29)15-5-2-1-3-6-15;3-2(4,5)1(6)7/h1-13,22,27H,14H2,(H,28,29);(H,6,7). The van der Waals surface area contributed by atoms with Crippen LogP contribution in [0.25, 0.3) is 22.5 Å². The number of pyridine rings is 1. The van der Waals surface area contributed by atoms with Crippen molar-refractivity contribution >= 4 is 11.9 Å². The Bertz CT molecular complexity index is 1400. The number of hydrogen-bond acceptors (Lipinski definition) is 3. The van der Waals surface area contributed by atoms with Gasteiger partial charge in [-0.25, -0.2) is 9.18 Å². The average Bonchev–Trinajstić information content (AvgIpc) is 3.30. The number of nitrogens with one attached hydrogen (secondary N) is 2. The van der Waals surface area contributed by atoms with Gasteiger partial charge in [0.2, 0.25) is 0 Å². The van der Waals surface area contributed by atoms with Crippen LogP contribution in [0.2, 0.25) is 0 Å². The molecule has 3 heterocycles. The Balaban J connectivity index is 0.000000384. The van der Waals surface area contributed by atoms with Crippen molar-refractivity contribution in [3.8, 4) is 22.5 Å². The first-order valence-corrected chi connectivity index (χ1v) is 10.7. The molecular weight excluding hydrogens is 478 g/mol. The summed E-state index contributed by atoms with van der Waals surface area (Å²) in [6.45, 7) is 0. The molecule has 0 bridgehead atoms. The molecule has 1 amide bonds. The van der Waals surface area contributed by atoms with Crippen molar-refractivity contribution in [3.63, 3.8) is 0 Å². The highest BCUT2D eigenvalue weighted by molar-refractivity contribution is 5.98. The van der Waals surface area contributed by atoms with Crippen LogP contribution in [0.5, 0.6) is 0 Å². The summed E-state index contributed by atoms with van der Waals surface area (Å²) in [6.07, 6.45) is -2.69. The van der Waals surface area contributed by atoms with Gasteiger partial charge in [-0.3, -0.25) is 9.78 Å². The van der Waals surface area contributed by atoms with Gasteiger partial charge in [0.15, 0.2) is 0 Å². The lowest BCUT2D eigenvalue weighted by Crippen LogP contribution is -2.34. The zero-order valence-corrected chi connectivity index (χ0v) is 18.5. The van der Waals surface area contributed by atoms with Crippen molar-refractivity contribution in [3.05, 3.63) is 102 Å². The summed E-state index contributed by atoms with van der Waals surface area (Å²) >= 11 is 0. The van der Waals surface area contributed by atoms with E-state index in [0.717, 1.165) is 22.5 Å². The molecule has 1 aliphatic rings. The quantitative estimate of drug-likeness (QED) is 0.324. The lowest BCUT2D eigenvalue weighted by molar-refractivity contribution is -0.192. The molecule has 5 rings (SSSR count). The Morgan fingerprint density at radius 1 is 0.972 bits per heavy atom. The van der Waals surface area contributed by atoms with Crippen molar-refractivity contribution in [2.75, 3.05) is 0 Å². The van der Waals surface area contributed by atoms with Crippen LogP contribution in [0, 0.1) is 5.82 Å². The van der Waals surface area contributed by atoms with E-state index in [1.807, 2.05) is 54.6 Å². The van der Waals surface area contributed by atoms with Crippen molar-refractivity contribution < 1.29 is 32.3 Å². The summed E-state index contributed by atoms with van der Waals surface area (Å²) in [5.74, 6) is -3.14. The molecule has 6 nitrogen and oxygen atoms in total. The zero-order valence-electron chi connectivity index (χ0n) is 18.5. The number of H-pyrrole nitrogens is 1. The Morgan fingerprint density at radius 3 is 2.36 bits per heavy atom. The predicted octanol–water partition coefficient (Wildman–Crippen LogP) is 5.54. The van der Waals surface area contributed by atoms with E-state index in [9.17, 15) is 22.4 Å². The summed E-state index contributed by atoms with van der Waals surface area (Å²) in [6, 6.07) is 21.9. The maximum Gasteiger partial charge on any atom is 0.490 e. The molecule has 36 heavy (non-hydrogen) atoms. The lowest BCUT2D eigenvalue weighted by Gasteiger charge is -2.23. The molecule has 1 unspecified atom stereocenters. The first-order chi connectivity index (χ1) is 17.1. The molecule has 3 N–H and O–H groups in total. The Morgan fingerprint density at radius 2 is 1.69 bits per heavy atom. The van der Waals surface area contributed by atoms with Crippen molar-refractivity contribution in [2.45, 2.75) is 18.6 Å². The van der Waals surface area contributed by atoms with E-state index in [4.69, 9.17) is 9.90 Å². The predicted molar refractivity (Wildman–Crippen MR) is 123 cm³/mol. The van der Waals surface area contributed by atoms with Crippen LogP contribution in [0.1, 0.15) is 27.7 Å². The molecule has 0 saturated carbocycles. The maximum atomic E-state index is 13.6. The summed E-state index contributed by atoms with van der Waals surface area (Å²) < 4.78 is 45.3. The largest absolute Gasteiger partial charge is 0.490 e. The fourth-order valence-corrected chi connectivity index (χ4v) is 3.80. The maximum absolute atomic E-state index is 13.6. The van der Waals surface area contributed by atoms with Crippen LogP contribution in [-0.4, -0.2) is 33.1 Å². The smallest absolute Gasteiger partial charge is 0.475 e. The number of aromatic amines is 1. The number of carboxylic acid groups (broad SMARTS) is 1. The van der Waals surface area contributed by atoms with Gasteiger partial charge in [0.25, 0.3) is 5.91 Å². The van der Waals surface area contributed by atoms with Gasteiger partial charge < -0.3 is 15.4 Å².